The molecule has 0 aliphatic heterocycles. The Bertz CT molecular complexity index is 568. The Morgan fingerprint density at radius 1 is 1.30 bits per heavy atom. The van der Waals surface area contributed by atoms with Gasteiger partial charge in [0.05, 0.1) is 18.6 Å². The molecular weight excluding hydrogens is 278 g/mol. The first-order valence-electron chi connectivity index (χ1n) is 6.47. The summed E-state index contributed by atoms with van der Waals surface area (Å²) in [7, 11) is 0. The molecule has 0 atom stereocenters. The van der Waals surface area contributed by atoms with Crippen LogP contribution in [0.5, 0.6) is 0 Å². The van der Waals surface area contributed by atoms with Crippen LogP contribution in [-0.4, -0.2) is 46.5 Å². The van der Waals surface area contributed by atoms with Gasteiger partial charge in [-0.2, -0.15) is 4.98 Å². The van der Waals surface area contributed by atoms with Gasteiger partial charge < -0.3 is 15.1 Å². The van der Waals surface area contributed by atoms with Gasteiger partial charge >= 0.3 is 0 Å². The minimum absolute atomic E-state index is 0.0122. The normalized spacial score (nSPS) is 11.0. The second kappa shape index (κ2) is 6.80. The third-order valence-corrected chi connectivity index (χ3v) is 4.11. The SMILES string of the molecule is CCc1cc2c(N(CCO)CCO)nc(NN)nc2s1. The second-order valence-corrected chi connectivity index (χ2v) is 5.35. The van der Waals surface area contributed by atoms with Crippen LogP contribution in [0, 0.1) is 0 Å². The van der Waals surface area contributed by atoms with Gasteiger partial charge in [-0.1, -0.05) is 6.92 Å². The predicted molar refractivity (Wildman–Crippen MR) is 81.0 cm³/mol. The zero-order valence-corrected chi connectivity index (χ0v) is 12.2. The Morgan fingerprint density at radius 2 is 2.00 bits per heavy atom. The minimum Gasteiger partial charge on any atom is -0.395 e. The highest BCUT2D eigenvalue weighted by Crippen LogP contribution is 2.32. The number of nitrogen functional groups attached to an aromatic ring is 1. The smallest absolute Gasteiger partial charge is 0.240 e. The highest BCUT2D eigenvalue weighted by atomic mass is 32.1. The zero-order valence-electron chi connectivity index (χ0n) is 11.3. The van der Waals surface area contributed by atoms with Crippen LogP contribution in [-0.2, 0) is 6.42 Å². The maximum Gasteiger partial charge on any atom is 0.240 e. The summed E-state index contributed by atoms with van der Waals surface area (Å²) in [5.74, 6) is 6.42. The molecule has 2 heterocycles. The summed E-state index contributed by atoms with van der Waals surface area (Å²) in [6.07, 6.45) is 0.922. The van der Waals surface area contributed by atoms with E-state index in [-0.39, 0.29) is 13.2 Å². The van der Waals surface area contributed by atoms with E-state index in [1.54, 1.807) is 11.3 Å². The number of rotatable bonds is 7. The van der Waals surface area contributed by atoms with Gasteiger partial charge in [-0.25, -0.2) is 10.8 Å². The number of hydrogen-bond acceptors (Lipinski definition) is 8. The fourth-order valence-corrected chi connectivity index (χ4v) is 2.96. The summed E-state index contributed by atoms with van der Waals surface area (Å²) >= 11 is 1.60. The lowest BCUT2D eigenvalue weighted by Crippen LogP contribution is -2.31. The Kier molecular flexibility index (Phi) is 5.07. The van der Waals surface area contributed by atoms with Gasteiger partial charge in [0, 0.05) is 18.0 Å². The Labute approximate surface area is 121 Å². The predicted octanol–water partition coefficient (Wildman–Crippen LogP) is 0.330. The molecule has 2 rings (SSSR count). The summed E-state index contributed by atoms with van der Waals surface area (Å²) < 4.78 is 0. The average molecular weight is 297 g/mol. The van der Waals surface area contributed by atoms with Gasteiger partial charge in [0.25, 0.3) is 0 Å². The van der Waals surface area contributed by atoms with Gasteiger partial charge in [-0.15, -0.1) is 11.3 Å². The first-order chi connectivity index (χ1) is 9.73. The summed E-state index contributed by atoms with van der Waals surface area (Å²) in [5, 5.41) is 19.3. The molecule has 20 heavy (non-hydrogen) atoms. The van der Waals surface area contributed by atoms with Crippen molar-refractivity contribution in [2.45, 2.75) is 13.3 Å². The number of fused-ring (bicyclic) bond motifs is 1. The van der Waals surface area contributed by atoms with E-state index in [2.05, 4.69) is 28.4 Å². The van der Waals surface area contributed by atoms with Crippen LogP contribution in [0.1, 0.15) is 11.8 Å². The molecule has 2 aromatic heterocycles. The number of hydrogen-bond donors (Lipinski definition) is 4. The van der Waals surface area contributed by atoms with Crippen molar-refractivity contribution in [3.05, 3.63) is 10.9 Å². The Hall–Kier alpha value is -1.48. The lowest BCUT2D eigenvalue weighted by atomic mass is 10.3. The molecule has 110 valence electrons. The molecule has 0 saturated heterocycles. The van der Waals surface area contributed by atoms with E-state index >= 15 is 0 Å². The molecule has 0 saturated carbocycles. The molecule has 0 bridgehead atoms. The van der Waals surface area contributed by atoms with Crippen molar-refractivity contribution in [1.82, 2.24) is 9.97 Å². The number of hydrazine groups is 1. The van der Waals surface area contributed by atoms with E-state index in [4.69, 9.17) is 5.84 Å². The third kappa shape index (κ3) is 2.98. The van der Waals surface area contributed by atoms with E-state index in [9.17, 15) is 10.2 Å². The number of aliphatic hydroxyl groups is 2. The number of nitrogens with zero attached hydrogens (tertiary/aromatic N) is 3. The first-order valence-corrected chi connectivity index (χ1v) is 7.28. The first kappa shape index (κ1) is 14.9. The van der Waals surface area contributed by atoms with E-state index in [0.29, 0.717) is 24.9 Å². The fourth-order valence-electron chi connectivity index (χ4n) is 2.00. The number of nitrogens with one attached hydrogen (secondary N) is 1. The average Bonchev–Trinajstić information content (AvgIpc) is 2.89. The Balaban J connectivity index is 2.54. The van der Waals surface area contributed by atoms with Crippen molar-refractivity contribution in [2.75, 3.05) is 36.6 Å². The van der Waals surface area contributed by atoms with Crippen molar-refractivity contribution in [2.24, 2.45) is 5.84 Å². The van der Waals surface area contributed by atoms with Crippen LogP contribution >= 0.6 is 11.3 Å². The summed E-state index contributed by atoms with van der Waals surface area (Å²) in [6.45, 7) is 2.85. The van der Waals surface area contributed by atoms with E-state index in [1.807, 2.05) is 4.90 Å². The lowest BCUT2D eigenvalue weighted by Gasteiger charge is -2.22. The van der Waals surface area contributed by atoms with Crippen molar-refractivity contribution in [3.8, 4) is 0 Å². The van der Waals surface area contributed by atoms with Gasteiger partial charge in [-0.3, -0.25) is 5.43 Å². The highest BCUT2D eigenvalue weighted by Gasteiger charge is 2.16. The van der Waals surface area contributed by atoms with Crippen LogP contribution in [0.4, 0.5) is 11.8 Å². The summed E-state index contributed by atoms with van der Waals surface area (Å²) in [5.41, 5.74) is 2.46. The van der Waals surface area contributed by atoms with Gasteiger partial charge in [0.15, 0.2) is 0 Å². The molecule has 0 radical (unpaired) electrons. The maximum absolute atomic E-state index is 9.17. The molecule has 0 aliphatic carbocycles. The number of aliphatic hydroxyl groups excluding tert-OH is 2. The maximum atomic E-state index is 9.17. The molecule has 7 nitrogen and oxygen atoms in total. The highest BCUT2D eigenvalue weighted by molar-refractivity contribution is 7.18. The molecule has 0 spiro atoms. The molecule has 2 aromatic rings. The number of nitrogens with two attached hydrogens (primary N) is 1. The molecule has 0 amide bonds. The van der Waals surface area contributed by atoms with Crippen LogP contribution in [0.2, 0.25) is 0 Å². The van der Waals surface area contributed by atoms with E-state index in [1.165, 1.54) is 4.88 Å². The molecular formula is C12H19N5O2S. The molecule has 0 unspecified atom stereocenters. The lowest BCUT2D eigenvalue weighted by molar-refractivity contribution is 0.281. The third-order valence-electron chi connectivity index (χ3n) is 2.94. The molecule has 5 N–H and O–H groups in total. The molecule has 0 aliphatic rings. The van der Waals surface area contributed by atoms with Crippen molar-refractivity contribution in [3.63, 3.8) is 0 Å². The van der Waals surface area contributed by atoms with Gasteiger partial charge in [-0.05, 0) is 12.5 Å². The van der Waals surface area contributed by atoms with Crippen LogP contribution in [0.3, 0.4) is 0 Å². The molecule has 0 fully saturated rings. The largest absolute Gasteiger partial charge is 0.395 e. The minimum atomic E-state index is -0.0122. The fraction of sp³-hybridized carbons (Fsp3) is 0.500. The topological polar surface area (TPSA) is 108 Å². The zero-order chi connectivity index (χ0) is 14.5. The van der Waals surface area contributed by atoms with Gasteiger partial charge in [0.2, 0.25) is 5.95 Å². The van der Waals surface area contributed by atoms with Crippen molar-refractivity contribution >= 4 is 33.3 Å². The number of thiophene rings is 1. The van der Waals surface area contributed by atoms with Crippen molar-refractivity contribution in [1.29, 1.82) is 0 Å². The monoisotopic (exact) mass is 297 g/mol. The summed E-state index contributed by atoms with van der Waals surface area (Å²) in [6, 6.07) is 2.05. The second-order valence-electron chi connectivity index (χ2n) is 4.23. The van der Waals surface area contributed by atoms with Crippen LogP contribution < -0.4 is 16.2 Å². The number of aryl methyl sites for hydroxylation is 1. The van der Waals surface area contributed by atoms with Gasteiger partial charge in [0.1, 0.15) is 10.6 Å². The number of anilines is 2. The van der Waals surface area contributed by atoms with E-state index < -0.39 is 0 Å². The summed E-state index contributed by atoms with van der Waals surface area (Å²) in [4.78, 5) is 12.6. The Morgan fingerprint density at radius 3 is 2.55 bits per heavy atom. The quantitative estimate of drug-likeness (QED) is 0.431. The van der Waals surface area contributed by atoms with Crippen molar-refractivity contribution < 1.29 is 10.2 Å². The van der Waals surface area contributed by atoms with Crippen LogP contribution in [0.15, 0.2) is 6.07 Å². The standard InChI is InChI=1S/C12H19N5O2S/c1-2-8-7-9-10(17(3-5-18)4-6-19)14-12(16-13)15-11(9)20-8/h7,18-19H,2-6,13H2,1H3,(H,14,15,16). The molecule has 0 aromatic carbocycles. The van der Waals surface area contributed by atoms with E-state index in [0.717, 1.165) is 16.6 Å². The van der Waals surface area contributed by atoms with Crippen LogP contribution in [0.25, 0.3) is 10.2 Å². The number of aromatic nitrogens is 2. The molecule has 8 heteroatoms.